The van der Waals surface area contributed by atoms with E-state index in [9.17, 15) is 10.2 Å². The Balaban J connectivity index is 1.61. The van der Waals surface area contributed by atoms with Crippen molar-refractivity contribution in [3.8, 4) is 22.3 Å². The summed E-state index contributed by atoms with van der Waals surface area (Å²) in [6.45, 7) is 3.41. The largest absolute Gasteiger partial charge is 0.392 e. The molecule has 6 rings (SSSR count). The van der Waals surface area contributed by atoms with Crippen LogP contribution in [0.1, 0.15) is 36.1 Å². The highest BCUT2D eigenvalue weighted by Gasteiger charge is 2.60. The number of ether oxygens (including phenoxy) is 4. The quantitative estimate of drug-likeness (QED) is 0.547. The predicted molar refractivity (Wildman–Crippen MR) is 130 cm³/mol. The van der Waals surface area contributed by atoms with Crippen LogP contribution in [0.2, 0.25) is 0 Å². The zero-order valence-corrected chi connectivity index (χ0v) is 19.9. The Labute approximate surface area is 205 Å². The summed E-state index contributed by atoms with van der Waals surface area (Å²) in [5, 5.41) is 21.2. The number of hydrogen-bond acceptors (Lipinski definition) is 6. The van der Waals surface area contributed by atoms with Crippen LogP contribution < -0.4 is 0 Å². The zero-order valence-electron chi connectivity index (χ0n) is 19.9. The van der Waals surface area contributed by atoms with Gasteiger partial charge in [-0.2, -0.15) is 0 Å². The highest BCUT2D eigenvalue weighted by atomic mass is 16.9. The van der Waals surface area contributed by atoms with Gasteiger partial charge in [0.2, 0.25) is 0 Å². The maximum absolute atomic E-state index is 10.6. The van der Waals surface area contributed by atoms with Gasteiger partial charge in [0.25, 0.3) is 0 Å². The molecule has 0 saturated carbocycles. The molecular weight excluding hydrogens is 444 g/mol. The Morgan fingerprint density at radius 3 is 1.34 bits per heavy atom. The van der Waals surface area contributed by atoms with E-state index in [1.807, 2.05) is 50.2 Å². The molecule has 2 aliphatic heterocycles. The van der Waals surface area contributed by atoms with Crippen LogP contribution >= 0.6 is 0 Å². The van der Waals surface area contributed by atoms with E-state index in [4.69, 9.17) is 18.9 Å². The molecule has 0 aromatic heterocycles. The third-order valence-electron chi connectivity index (χ3n) is 7.59. The molecule has 6 nitrogen and oxygen atoms in total. The highest BCUT2D eigenvalue weighted by molar-refractivity contribution is 5.84. The summed E-state index contributed by atoms with van der Waals surface area (Å²) in [5.41, 5.74) is 7.11. The van der Waals surface area contributed by atoms with Crippen LogP contribution in [0.4, 0.5) is 0 Å². The molecule has 3 aliphatic rings. The molecule has 2 heterocycles. The smallest absolute Gasteiger partial charge is 0.174 e. The Bertz CT molecular complexity index is 1120. The number of rotatable bonds is 6. The molecule has 1 aliphatic carbocycles. The van der Waals surface area contributed by atoms with Crippen molar-refractivity contribution >= 4 is 0 Å². The van der Waals surface area contributed by atoms with Crippen LogP contribution in [0.3, 0.4) is 0 Å². The average Bonchev–Trinajstić information content (AvgIpc) is 3.24. The van der Waals surface area contributed by atoms with Gasteiger partial charge in [0.05, 0.1) is 18.6 Å². The molecule has 3 aromatic carbocycles. The maximum Gasteiger partial charge on any atom is 0.174 e. The monoisotopic (exact) mass is 474 g/mol. The lowest BCUT2D eigenvalue weighted by Crippen LogP contribution is -2.62. The Morgan fingerprint density at radius 2 is 1.03 bits per heavy atom. The van der Waals surface area contributed by atoms with Gasteiger partial charge >= 0.3 is 0 Å². The van der Waals surface area contributed by atoms with Gasteiger partial charge in [0.1, 0.15) is 0 Å². The lowest BCUT2D eigenvalue weighted by atomic mass is 9.80. The molecule has 0 spiro atoms. The molecule has 2 saturated heterocycles. The SMILES string of the molecule is CC1OC(C2(C3OC(C)O3)Cc3c(c(-c4ccccc4)c(CO)c(CO)c3-c3ccccc3)C2)O1. The summed E-state index contributed by atoms with van der Waals surface area (Å²) in [7, 11) is 0. The van der Waals surface area contributed by atoms with E-state index >= 15 is 0 Å². The molecular formula is C29H30O6. The van der Waals surface area contributed by atoms with Crippen LogP contribution in [0.15, 0.2) is 60.7 Å². The Kier molecular flexibility index (Phi) is 5.76. The summed E-state index contributed by atoms with van der Waals surface area (Å²) < 4.78 is 24.3. The summed E-state index contributed by atoms with van der Waals surface area (Å²) in [6, 6.07) is 20.1. The van der Waals surface area contributed by atoms with Crippen molar-refractivity contribution in [1.82, 2.24) is 0 Å². The molecule has 2 N–H and O–H groups in total. The van der Waals surface area contributed by atoms with E-state index in [0.29, 0.717) is 12.8 Å². The summed E-state index contributed by atoms with van der Waals surface area (Å²) in [5.74, 6) is 0. The number of hydrogen-bond donors (Lipinski definition) is 2. The molecule has 182 valence electrons. The normalized spacial score (nSPS) is 26.6. The fraction of sp³-hybridized carbons (Fsp3) is 0.379. The van der Waals surface area contributed by atoms with Crippen LogP contribution in [-0.2, 0) is 45.0 Å². The van der Waals surface area contributed by atoms with Crippen LogP contribution in [0.25, 0.3) is 22.3 Å². The maximum atomic E-state index is 10.6. The minimum atomic E-state index is -0.574. The van der Waals surface area contributed by atoms with E-state index in [1.54, 1.807) is 0 Å². The van der Waals surface area contributed by atoms with Crippen molar-refractivity contribution in [1.29, 1.82) is 0 Å². The van der Waals surface area contributed by atoms with Crippen LogP contribution in [-0.4, -0.2) is 35.4 Å². The van der Waals surface area contributed by atoms with Crippen molar-refractivity contribution in [2.45, 2.75) is 65.1 Å². The fourth-order valence-electron chi connectivity index (χ4n) is 6.04. The zero-order chi connectivity index (χ0) is 24.2. The summed E-state index contributed by atoms with van der Waals surface area (Å²) in [4.78, 5) is 0. The Hall–Kier alpha value is -2.58. The van der Waals surface area contributed by atoms with Crippen molar-refractivity contribution in [3.05, 3.63) is 82.9 Å². The molecule has 0 atom stereocenters. The lowest BCUT2D eigenvalue weighted by Gasteiger charge is -2.52. The second-order valence-electron chi connectivity index (χ2n) is 9.64. The highest BCUT2D eigenvalue weighted by Crippen LogP contribution is 2.56. The predicted octanol–water partition coefficient (Wildman–Crippen LogP) is 4.53. The van der Waals surface area contributed by atoms with Gasteiger partial charge < -0.3 is 29.2 Å². The van der Waals surface area contributed by atoms with E-state index in [2.05, 4.69) is 24.3 Å². The first-order chi connectivity index (χ1) is 17.1. The average molecular weight is 475 g/mol. The first kappa shape index (κ1) is 22.9. The minimum Gasteiger partial charge on any atom is -0.392 e. The lowest BCUT2D eigenvalue weighted by molar-refractivity contribution is -0.479. The number of aliphatic hydroxyl groups is 2. The fourth-order valence-corrected chi connectivity index (χ4v) is 6.04. The van der Waals surface area contributed by atoms with E-state index in [-0.39, 0.29) is 25.8 Å². The topological polar surface area (TPSA) is 77.4 Å². The van der Waals surface area contributed by atoms with Crippen LogP contribution in [0.5, 0.6) is 0 Å². The second-order valence-corrected chi connectivity index (χ2v) is 9.64. The standard InChI is InChI=1S/C29H30O6/c1-17-32-27(33-17)29(28-34-18(2)35-28)13-21-22(14-29)26(20-11-7-4-8-12-20)24(16-31)23(15-30)25(21)19-9-5-3-6-10-19/h3-12,17-18,27-28,30-31H,13-16H2,1-2H3. The van der Waals surface area contributed by atoms with E-state index < -0.39 is 18.0 Å². The Morgan fingerprint density at radius 1 is 0.657 bits per heavy atom. The molecule has 3 aromatic rings. The number of benzene rings is 3. The van der Waals surface area contributed by atoms with Gasteiger partial charge in [-0.3, -0.25) is 0 Å². The summed E-state index contributed by atoms with van der Waals surface area (Å²) >= 11 is 0. The first-order valence-electron chi connectivity index (χ1n) is 12.2. The van der Waals surface area contributed by atoms with Gasteiger partial charge in [-0.25, -0.2) is 0 Å². The number of fused-ring (bicyclic) bond motifs is 1. The molecule has 0 radical (unpaired) electrons. The molecule has 0 amide bonds. The van der Waals surface area contributed by atoms with E-state index in [1.165, 1.54) is 0 Å². The molecule has 0 unspecified atom stereocenters. The molecule has 2 fully saturated rings. The van der Waals surface area contributed by atoms with Gasteiger partial charge in [0.15, 0.2) is 25.2 Å². The third kappa shape index (κ3) is 3.56. The van der Waals surface area contributed by atoms with Crippen molar-refractivity contribution in [2.24, 2.45) is 5.41 Å². The van der Waals surface area contributed by atoms with Crippen LogP contribution in [0, 0.1) is 5.41 Å². The molecule has 35 heavy (non-hydrogen) atoms. The minimum absolute atomic E-state index is 0.179. The summed E-state index contributed by atoms with van der Waals surface area (Å²) in [6.07, 6.45) is -0.267. The third-order valence-corrected chi connectivity index (χ3v) is 7.59. The van der Waals surface area contributed by atoms with Gasteiger partial charge in [-0.1, -0.05) is 60.7 Å². The second kappa shape index (κ2) is 8.82. The number of aliphatic hydroxyl groups excluding tert-OH is 2. The van der Waals surface area contributed by atoms with Crippen molar-refractivity contribution in [3.63, 3.8) is 0 Å². The van der Waals surface area contributed by atoms with Gasteiger partial charge in [-0.15, -0.1) is 0 Å². The molecule has 0 bridgehead atoms. The van der Waals surface area contributed by atoms with Crippen molar-refractivity contribution < 1.29 is 29.2 Å². The van der Waals surface area contributed by atoms with E-state index in [0.717, 1.165) is 44.5 Å². The van der Waals surface area contributed by atoms with Gasteiger partial charge in [-0.05, 0) is 71.2 Å². The first-order valence-corrected chi connectivity index (χ1v) is 12.2. The van der Waals surface area contributed by atoms with Crippen molar-refractivity contribution in [2.75, 3.05) is 0 Å². The van der Waals surface area contributed by atoms with Gasteiger partial charge in [0, 0.05) is 0 Å². The molecule has 6 heteroatoms.